The summed E-state index contributed by atoms with van der Waals surface area (Å²) in [6.45, 7) is 3.68. The van der Waals surface area contributed by atoms with Gasteiger partial charge in [-0.1, -0.05) is 12.8 Å². The van der Waals surface area contributed by atoms with E-state index in [0.29, 0.717) is 18.4 Å². The van der Waals surface area contributed by atoms with Crippen LogP contribution in [0.2, 0.25) is 0 Å². The third kappa shape index (κ3) is 6.91. The van der Waals surface area contributed by atoms with E-state index in [4.69, 9.17) is 4.74 Å². The molecule has 1 saturated carbocycles. The number of hydrogen-bond donors (Lipinski definition) is 2. The number of carbonyl (C=O) groups is 1. The van der Waals surface area contributed by atoms with Crippen molar-refractivity contribution < 1.29 is 9.53 Å². The van der Waals surface area contributed by atoms with E-state index < -0.39 is 0 Å². The molecule has 1 saturated heterocycles. The lowest BCUT2D eigenvalue weighted by Crippen LogP contribution is -2.32. The van der Waals surface area contributed by atoms with Crippen LogP contribution in [-0.2, 0) is 9.53 Å². The van der Waals surface area contributed by atoms with Crippen LogP contribution in [0, 0.1) is 5.92 Å². The lowest BCUT2D eigenvalue weighted by Gasteiger charge is -2.21. The van der Waals surface area contributed by atoms with Gasteiger partial charge in [0.1, 0.15) is 0 Å². The minimum atomic E-state index is 0. The maximum Gasteiger partial charge on any atom is 0.220 e. The van der Waals surface area contributed by atoms with Crippen LogP contribution in [0.4, 0.5) is 0 Å². The normalized spacial score (nSPS) is 20.6. The summed E-state index contributed by atoms with van der Waals surface area (Å²) in [5.74, 6) is 0.795. The maximum absolute atomic E-state index is 11.8. The Bertz CT molecular complexity index is 265. The van der Waals surface area contributed by atoms with Crippen molar-refractivity contribution in [3.8, 4) is 0 Å². The Morgan fingerprint density at radius 3 is 2.55 bits per heavy atom. The van der Waals surface area contributed by atoms with Crippen LogP contribution < -0.4 is 10.6 Å². The van der Waals surface area contributed by atoms with Gasteiger partial charge >= 0.3 is 0 Å². The Morgan fingerprint density at radius 2 is 1.85 bits per heavy atom. The first kappa shape index (κ1) is 17.7. The van der Waals surface area contributed by atoms with Crippen molar-refractivity contribution in [2.24, 2.45) is 5.92 Å². The molecule has 1 aliphatic heterocycles. The van der Waals surface area contributed by atoms with Gasteiger partial charge in [-0.3, -0.25) is 4.79 Å². The molecule has 0 radical (unpaired) electrons. The van der Waals surface area contributed by atoms with E-state index in [1.54, 1.807) is 0 Å². The second kappa shape index (κ2) is 10.4. The van der Waals surface area contributed by atoms with E-state index in [1.807, 2.05) is 0 Å². The molecule has 2 rings (SSSR count). The lowest BCUT2D eigenvalue weighted by molar-refractivity contribution is -0.122. The second-order valence-corrected chi connectivity index (χ2v) is 5.88. The van der Waals surface area contributed by atoms with Gasteiger partial charge in [0.05, 0.1) is 6.10 Å². The van der Waals surface area contributed by atoms with Gasteiger partial charge in [0, 0.05) is 19.6 Å². The molecule has 2 fully saturated rings. The van der Waals surface area contributed by atoms with Gasteiger partial charge in [-0.15, -0.1) is 12.4 Å². The summed E-state index contributed by atoms with van der Waals surface area (Å²) < 4.78 is 5.78. The number of piperidine rings is 1. The lowest BCUT2D eigenvalue weighted by atomic mass is 9.94. The van der Waals surface area contributed by atoms with Gasteiger partial charge in [0.2, 0.25) is 5.91 Å². The molecule has 1 amide bonds. The quantitative estimate of drug-likeness (QED) is 0.709. The Hall–Kier alpha value is -0.320. The van der Waals surface area contributed by atoms with Crippen molar-refractivity contribution in [1.82, 2.24) is 10.6 Å². The summed E-state index contributed by atoms with van der Waals surface area (Å²) in [5.41, 5.74) is 0. The summed E-state index contributed by atoms with van der Waals surface area (Å²) in [6.07, 6.45) is 9.49. The number of ether oxygens (including phenoxy) is 1. The van der Waals surface area contributed by atoms with Crippen LogP contribution >= 0.6 is 12.4 Å². The largest absolute Gasteiger partial charge is 0.378 e. The highest BCUT2D eigenvalue weighted by Crippen LogP contribution is 2.20. The van der Waals surface area contributed by atoms with Gasteiger partial charge in [-0.2, -0.15) is 0 Å². The van der Waals surface area contributed by atoms with Crippen molar-refractivity contribution in [2.45, 2.75) is 57.5 Å². The van der Waals surface area contributed by atoms with Gasteiger partial charge in [0.25, 0.3) is 0 Å². The van der Waals surface area contributed by atoms with E-state index in [-0.39, 0.29) is 18.3 Å². The predicted octanol–water partition coefficient (Wildman–Crippen LogP) is 2.26. The van der Waals surface area contributed by atoms with Crippen LogP contribution in [0.25, 0.3) is 0 Å². The summed E-state index contributed by atoms with van der Waals surface area (Å²) in [4.78, 5) is 11.8. The van der Waals surface area contributed by atoms with E-state index in [2.05, 4.69) is 10.6 Å². The average Bonchev–Trinajstić information content (AvgIpc) is 2.92. The summed E-state index contributed by atoms with van der Waals surface area (Å²) >= 11 is 0. The first-order valence-corrected chi connectivity index (χ1v) is 7.93. The Morgan fingerprint density at radius 1 is 1.15 bits per heavy atom. The topological polar surface area (TPSA) is 50.4 Å². The molecule has 4 nitrogen and oxygen atoms in total. The Balaban J connectivity index is 0.00000200. The molecule has 5 heteroatoms. The van der Waals surface area contributed by atoms with Crippen LogP contribution in [0.5, 0.6) is 0 Å². The molecule has 0 aromatic rings. The zero-order valence-electron chi connectivity index (χ0n) is 12.4. The number of carbonyl (C=O) groups excluding carboxylic acids is 1. The second-order valence-electron chi connectivity index (χ2n) is 5.88. The number of halogens is 1. The average molecular weight is 305 g/mol. The molecule has 118 valence electrons. The monoisotopic (exact) mass is 304 g/mol. The summed E-state index contributed by atoms with van der Waals surface area (Å²) in [7, 11) is 0. The molecular formula is C15H29ClN2O2. The molecule has 0 aromatic carbocycles. The van der Waals surface area contributed by atoms with Gasteiger partial charge < -0.3 is 15.4 Å². The third-order valence-corrected chi connectivity index (χ3v) is 4.23. The summed E-state index contributed by atoms with van der Waals surface area (Å²) in [6, 6.07) is 0. The highest BCUT2D eigenvalue weighted by Gasteiger charge is 2.17. The summed E-state index contributed by atoms with van der Waals surface area (Å²) in [5, 5.41) is 6.34. The van der Waals surface area contributed by atoms with Crippen LogP contribution in [0.15, 0.2) is 0 Å². The standard InChI is InChI=1S/C15H28N2O2.ClH/c18-15(12-13-6-9-16-10-7-13)17-8-3-11-19-14-4-1-2-5-14;/h13-14,16H,1-12H2,(H,17,18);1H. The van der Waals surface area contributed by atoms with E-state index in [9.17, 15) is 4.79 Å². The highest BCUT2D eigenvalue weighted by atomic mass is 35.5. The van der Waals surface area contributed by atoms with E-state index >= 15 is 0 Å². The fourth-order valence-corrected chi connectivity index (χ4v) is 3.03. The molecule has 1 aliphatic carbocycles. The smallest absolute Gasteiger partial charge is 0.220 e. The molecule has 1 heterocycles. The highest BCUT2D eigenvalue weighted by molar-refractivity contribution is 5.85. The fraction of sp³-hybridized carbons (Fsp3) is 0.933. The molecule has 0 unspecified atom stereocenters. The first-order chi connectivity index (χ1) is 9.34. The van der Waals surface area contributed by atoms with Gasteiger partial charge in [-0.25, -0.2) is 0 Å². The van der Waals surface area contributed by atoms with Crippen LogP contribution in [0.1, 0.15) is 51.4 Å². The van der Waals surface area contributed by atoms with E-state index in [0.717, 1.165) is 45.5 Å². The van der Waals surface area contributed by atoms with Crippen molar-refractivity contribution in [1.29, 1.82) is 0 Å². The molecule has 20 heavy (non-hydrogen) atoms. The zero-order chi connectivity index (χ0) is 13.3. The van der Waals surface area contributed by atoms with Gasteiger partial charge in [-0.05, 0) is 51.1 Å². The number of amides is 1. The van der Waals surface area contributed by atoms with Gasteiger partial charge in [0.15, 0.2) is 0 Å². The molecule has 2 aliphatic rings. The SMILES string of the molecule is Cl.O=C(CC1CCNCC1)NCCCOC1CCCC1. The molecule has 2 N–H and O–H groups in total. The third-order valence-electron chi connectivity index (χ3n) is 4.23. The number of nitrogens with one attached hydrogen (secondary N) is 2. The molecule has 0 spiro atoms. The van der Waals surface area contributed by atoms with Crippen molar-refractivity contribution in [3.05, 3.63) is 0 Å². The molecular weight excluding hydrogens is 276 g/mol. The van der Waals surface area contributed by atoms with Crippen molar-refractivity contribution >= 4 is 18.3 Å². The molecule has 0 bridgehead atoms. The Kier molecular flexibility index (Phi) is 9.23. The van der Waals surface area contributed by atoms with Crippen LogP contribution in [-0.4, -0.2) is 38.3 Å². The fourth-order valence-electron chi connectivity index (χ4n) is 3.03. The van der Waals surface area contributed by atoms with E-state index in [1.165, 1.54) is 25.7 Å². The zero-order valence-corrected chi connectivity index (χ0v) is 13.2. The van der Waals surface area contributed by atoms with Crippen LogP contribution in [0.3, 0.4) is 0 Å². The Labute approximate surface area is 128 Å². The number of rotatable bonds is 7. The minimum absolute atomic E-state index is 0. The first-order valence-electron chi connectivity index (χ1n) is 7.93. The number of hydrogen-bond acceptors (Lipinski definition) is 3. The van der Waals surface area contributed by atoms with Crippen molar-refractivity contribution in [3.63, 3.8) is 0 Å². The van der Waals surface area contributed by atoms with Crippen molar-refractivity contribution in [2.75, 3.05) is 26.2 Å². The molecule has 0 atom stereocenters. The molecule has 0 aromatic heterocycles. The predicted molar refractivity (Wildman–Crippen MR) is 83.3 cm³/mol. The minimum Gasteiger partial charge on any atom is -0.378 e. The maximum atomic E-state index is 11.8.